The van der Waals surface area contributed by atoms with E-state index in [-0.39, 0.29) is 11.4 Å². The minimum Gasteiger partial charge on any atom is -0.495 e. The average molecular weight is 270 g/mol. The fourth-order valence-corrected chi connectivity index (χ4v) is 1.29. The monoisotopic (exact) mass is 270 g/mol. The third-order valence-electron chi connectivity index (χ3n) is 1.73. The van der Waals surface area contributed by atoms with Crippen LogP contribution in [0.15, 0.2) is 24.3 Å². The van der Waals surface area contributed by atoms with Gasteiger partial charge in [0.2, 0.25) is 0 Å². The smallest absolute Gasteiger partial charge is 0.495 e. The topological polar surface area (TPSA) is 67.4 Å². The van der Waals surface area contributed by atoms with Gasteiger partial charge in [0.15, 0.2) is 0 Å². The number of hydrogen-bond donors (Lipinski definition) is 2. The highest BCUT2D eigenvalue weighted by atomic mass is 32.2. The normalized spacial score (nSPS) is 12.2. The summed E-state index contributed by atoms with van der Waals surface area (Å²) < 4.78 is 62.2. The van der Waals surface area contributed by atoms with E-state index in [0.717, 1.165) is 0 Å². The van der Waals surface area contributed by atoms with Crippen molar-refractivity contribution in [3.63, 3.8) is 0 Å². The van der Waals surface area contributed by atoms with Crippen molar-refractivity contribution >= 4 is 15.7 Å². The maximum Gasteiger partial charge on any atom is 0.513 e. The molecule has 0 aliphatic heterocycles. The Bertz CT molecular complexity index is 487. The molecule has 1 rings (SSSR count). The largest absolute Gasteiger partial charge is 0.513 e. The summed E-state index contributed by atoms with van der Waals surface area (Å²) in [6, 6.07) is 5.91. The van der Waals surface area contributed by atoms with E-state index in [1.54, 1.807) is 6.07 Å². The first kappa shape index (κ1) is 13.6. The Morgan fingerprint density at radius 1 is 1.24 bits per heavy atom. The lowest BCUT2D eigenvalue weighted by molar-refractivity contribution is -0.0445. The van der Waals surface area contributed by atoms with Crippen LogP contribution >= 0.6 is 0 Å². The Morgan fingerprint density at radius 3 is 2.35 bits per heavy atom. The third kappa shape index (κ3) is 3.24. The summed E-state index contributed by atoms with van der Waals surface area (Å²) in [5, 5.41) is 0. The highest BCUT2D eigenvalue weighted by molar-refractivity contribution is 7.90. The Balaban J connectivity index is 2.82. The molecule has 0 aliphatic rings. The number of hydrazine groups is 1. The van der Waals surface area contributed by atoms with Gasteiger partial charge in [0, 0.05) is 0 Å². The second-order valence-electron chi connectivity index (χ2n) is 2.88. The standard InChI is InChI=1S/C8H9F3N2O3S/c1-16-7-5-3-2-4-6(7)12-13-17(14,15)8(9,10)11/h2-5,12-13H,1H3. The molecule has 2 N–H and O–H groups in total. The predicted molar refractivity (Wildman–Crippen MR) is 54.7 cm³/mol. The minimum atomic E-state index is -5.44. The van der Waals surface area contributed by atoms with Crippen LogP contribution in [0.4, 0.5) is 18.9 Å². The van der Waals surface area contributed by atoms with Crippen molar-refractivity contribution in [1.82, 2.24) is 4.83 Å². The van der Waals surface area contributed by atoms with Crippen LogP contribution in [0.2, 0.25) is 0 Å². The van der Waals surface area contributed by atoms with Gasteiger partial charge in [-0.2, -0.15) is 13.2 Å². The van der Waals surface area contributed by atoms with Crippen LogP contribution < -0.4 is 15.0 Å². The van der Waals surface area contributed by atoms with Crippen molar-refractivity contribution in [2.75, 3.05) is 12.5 Å². The van der Waals surface area contributed by atoms with Gasteiger partial charge < -0.3 is 10.2 Å². The zero-order chi connectivity index (χ0) is 13.1. The lowest BCUT2D eigenvalue weighted by Gasteiger charge is -2.13. The third-order valence-corrected chi connectivity index (χ3v) is 2.71. The molecule has 0 fully saturated rings. The molecule has 0 atom stereocenters. The van der Waals surface area contributed by atoms with Gasteiger partial charge >= 0.3 is 15.5 Å². The fraction of sp³-hybridized carbons (Fsp3) is 0.250. The van der Waals surface area contributed by atoms with Crippen LogP contribution in [0.5, 0.6) is 5.75 Å². The van der Waals surface area contributed by atoms with Crippen LogP contribution in [0, 0.1) is 0 Å². The van der Waals surface area contributed by atoms with E-state index >= 15 is 0 Å². The summed E-state index contributed by atoms with van der Waals surface area (Å²) in [4.78, 5) is 1.21. The van der Waals surface area contributed by atoms with Crippen molar-refractivity contribution in [3.8, 4) is 5.75 Å². The number of methoxy groups -OCH3 is 1. The van der Waals surface area contributed by atoms with Crippen LogP contribution in [-0.2, 0) is 10.0 Å². The summed E-state index contributed by atoms with van der Waals surface area (Å²) in [5.41, 5.74) is -3.37. The minimum absolute atomic E-state index is 0.0721. The van der Waals surface area contributed by atoms with Crippen molar-refractivity contribution in [3.05, 3.63) is 24.3 Å². The molecule has 5 nitrogen and oxygen atoms in total. The van der Waals surface area contributed by atoms with Crippen molar-refractivity contribution in [1.29, 1.82) is 0 Å². The molecule has 96 valence electrons. The number of ether oxygens (including phenoxy) is 1. The molecule has 0 unspecified atom stereocenters. The molecule has 0 heterocycles. The number of halogens is 3. The van der Waals surface area contributed by atoms with Crippen LogP contribution in [0.1, 0.15) is 0 Å². The first-order valence-electron chi connectivity index (χ1n) is 4.25. The quantitative estimate of drug-likeness (QED) is 0.813. The molecule has 0 spiro atoms. The second-order valence-corrected chi connectivity index (χ2v) is 4.55. The summed E-state index contributed by atoms with van der Waals surface area (Å²) >= 11 is 0. The Morgan fingerprint density at radius 2 is 1.82 bits per heavy atom. The van der Waals surface area contributed by atoms with E-state index in [1.165, 1.54) is 30.1 Å². The van der Waals surface area contributed by atoms with Crippen molar-refractivity contribution < 1.29 is 26.3 Å². The number of sulfonamides is 1. The summed E-state index contributed by atoms with van der Waals surface area (Å²) in [6.45, 7) is 0. The number of alkyl halides is 3. The first-order valence-corrected chi connectivity index (χ1v) is 5.73. The molecule has 17 heavy (non-hydrogen) atoms. The number of benzene rings is 1. The molecule has 0 bridgehead atoms. The average Bonchev–Trinajstić information content (AvgIpc) is 2.25. The molecule has 0 aliphatic carbocycles. The van der Waals surface area contributed by atoms with Crippen LogP contribution in [0.25, 0.3) is 0 Å². The highest BCUT2D eigenvalue weighted by Gasteiger charge is 2.46. The Labute approximate surface area is 95.6 Å². The molecule has 1 aromatic carbocycles. The summed E-state index contributed by atoms with van der Waals surface area (Å²) in [5.74, 6) is 0.206. The number of rotatable bonds is 4. The van der Waals surface area contributed by atoms with Gasteiger partial charge in [0.05, 0.1) is 12.8 Å². The molecule has 0 saturated carbocycles. The van der Waals surface area contributed by atoms with E-state index in [4.69, 9.17) is 4.74 Å². The maximum absolute atomic E-state index is 12.0. The molecule has 1 aromatic rings. The van der Waals surface area contributed by atoms with Crippen LogP contribution in [0.3, 0.4) is 0 Å². The zero-order valence-corrected chi connectivity index (χ0v) is 9.39. The zero-order valence-electron chi connectivity index (χ0n) is 8.58. The molecule has 0 aromatic heterocycles. The Kier molecular flexibility index (Phi) is 3.83. The summed E-state index contributed by atoms with van der Waals surface area (Å²) in [7, 11) is -4.13. The lowest BCUT2D eigenvalue weighted by atomic mass is 10.3. The first-order chi connectivity index (χ1) is 7.78. The number of anilines is 1. The second kappa shape index (κ2) is 4.80. The van der Waals surface area contributed by atoms with Gasteiger partial charge in [-0.3, -0.25) is 0 Å². The van der Waals surface area contributed by atoms with E-state index in [9.17, 15) is 21.6 Å². The van der Waals surface area contributed by atoms with Gasteiger partial charge in [0.25, 0.3) is 0 Å². The molecule has 0 radical (unpaired) electrons. The lowest BCUT2D eigenvalue weighted by Crippen LogP contribution is -2.39. The van der Waals surface area contributed by atoms with Crippen LogP contribution in [-0.4, -0.2) is 21.0 Å². The van der Waals surface area contributed by atoms with Gasteiger partial charge in [0.1, 0.15) is 5.75 Å². The van der Waals surface area contributed by atoms with Gasteiger partial charge in [-0.15, -0.1) is 4.83 Å². The Hall–Kier alpha value is -1.48. The van der Waals surface area contributed by atoms with Gasteiger partial charge in [-0.25, -0.2) is 8.42 Å². The number of nitrogens with one attached hydrogen (secondary N) is 2. The van der Waals surface area contributed by atoms with E-state index in [2.05, 4.69) is 0 Å². The number of hydrogen-bond acceptors (Lipinski definition) is 4. The van der Waals surface area contributed by atoms with Gasteiger partial charge in [-0.05, 0) is 12.1 Å². The molecule has 0 amide bonds. The molecule has 0 saturated heterocycles. The van der Waals surface area contributed by atoms with E-state index in [0.29, 0.717) is 0 Å². The highest BCUT2D eigenvalue weighted by Crippen LogP contribution is 2.24. The maximum atomic E-state index is 12.0. The van der Waals surface area contributed by atoms with E-state index < -0.39 is 15.5 Å². The predicted octanol–water partition coefficient (Wildman–Crippen LogP) is 1.46. The number of para-hydroxylation sites is 2. The van der Waals surface area contributed by atoms with E-state index in [1.807, 2.05) is 5.43 Å². The summed E-state index contributed by atoms with van der Waals surface area (Å²) in [6.07, 6.45) is 0. The van der Waals surface area contributed by atoms with Gasteiger partial charge in [-0.1, -0.05) is 12.1 Å². The fourth-order valence-electron chi connectivity index (χ4n) is 0.928. The molecule has 9 heteroatoms. The SMILES string of the molecule is COc1ccccc1NNS(=O)(=O)C(F)(F)F. The van der Waals surface area contributed by atoms with Crippen molar-refractivity contribution in [2.24, 2.45) is 0 Å². The molecular formula is C8H9F3N2O3S. The molecular weight excluding hydrogens is 261 g/mol. The van der Waals surface area contributed by atoms with Crippen molar-refractivity contribution in [2.45, 2.75) is 5.51 Å².